The molecule has 0 saturated carbocycles. The molecule has 0 aromatic heterocycles. The largest absolute Gasteiger partial charge is 0.478 e. The van der Waals surface area contributed by atoms with Crippen LogP contribution in [0.25, 0.3) is 0 Å². The van der Waals surface area contributed by atoms with Crippen molar-refractivity contribution in [1.29, 1.82) is 0 Å². The van der Waals surface area contributed by atoms with Crippen LogP contribution in [0, 0.1) is 6.92 Å². The predicted molar refractivity (Wildman–Crippen MR) is 79.8 cm³/mol. The second-order valence-electron chi connectivity index (χ2n) is 5.00. The average Bonchev–Trinajstić information content (AvgIpc) is 2.90. The van der Waals surface area contributed by atoms with Gasteiger partial charge in [-0.25, -0.2) is 13.2 Å². The van der Waals surface area contributed by atoms with Crippen molar-refractivity contribution in [2.75, 3.05) is 13.2 Å². The summed E-state index contributed by atoms with van der Waals surface area (Å²) in [7, 11) is -3.85. The smallest absolute Gasteiger partial charge is 0.335 e. The molecule has 21 heavy (non-hydrogen) atoms. The van der Waals surface area contributed by atoms with Crippen LogP contribution in [0.2, 0.25) is 0 Å². The molecule has 1 aromatic carbocycles. The molecule has 1 saturated heterocycles. The minimum Gasteiger partial charge on any atom is -0.478 e. The molecule has 0 amide bonds. The van der Waals surface area contributed by atoms with Crippen LogP contribution in [-0.4, -0.2) is 48.1 Å². The zero-order valence-corrected chi connectivity index (χ0v) is 13.8. The van der Waals surface area contributed by atoms with Gasteiger partial charge in [0.25, 0.3) is 0 Å². The summed E-state index contributed by atoms with van der Waals surface area (Å²) in [6.45, 7) is 1.73. The summed E-state index contributed by atoms with van der Waals surface area (Å²) in [5.41, 5.74) is 0.460. The van der Waals surface area contributed by atoms with Crippen molar-refractivity contribution in [3.05, 3.63) is 27.7 Å². The highest BCUT2D eigenvalue weighted by Crippen LogP contribution is 2.33. The first-order valence-corrected chi connectivity index (χ1v) is 8.68. The van der Waals surface area contributed by atoms with E-state index in [0.29, 0.717) is 29.4 Å². The minimum atomic E-state index is -3.85. The van der Waals surface area contributed by atoms with Crippen molar-refractivity contribution in [2.45, 2.75) is 30.7 Å². The van der Waals surface area contributed by atoms with Gasteiger partial charge in [0.2, 0.25) is 10.0 Å². The maximum atomic E-state index is 12.7. The number of sulfonamides is 1. The highest BCUT2D eigenvalue weighted by Gasteiger charge is 2.36. The number of carbonyl (C=O) groups is 1. The Morgan fingerprint density at radius 2 is 2.14 bits per heavy atom. The predicted octanol–water partition coefficient (Wildman–Crippen LogP) is 1.60. The Balaban J connectivity index is 2.56. The summed E-state index contributed by atoms with van der Waals surface area (Å²) < 4.78 is 27.1. The SMILES string of the molecule is Cc1cc(C(=O)O)cc(S(=O)(=O)N2CCC[C@H]2CO)c1Br. The van der Waals surface area contributed by atoms with Gasteiger partial charge in [0.15, 0.2) is 0 Å². The van der Waals surface area contributed by atoms with Gasteiger partial charge in [-0.3, -0.25) is 0 Å². The topological polar surface area (TPSA) is 94.9 Å². The highest BCUT2D eigenvalue weighted by molar-refractivity contribution is 9.10. The van der Waals surface area contributed by atoms with Gasteiger partial charge in [-0.05, 0) is 53.4 Å². The molecule has 1 aliphatic heterocycles. The molecule has 2 N–H and O–H groups in total. The summed E-state index contributed by atoms with van der Waals surface area (Å²) in [5, 5.41) is 18.4. The van der Waals surface area contributed by atoms with Gasteiger partial charge in [0.1, 0.15) is 0 Å². The summed E-state index contributed by atoms with van der Waals surface area (Å²) in [6.07, 6.45) is 1.28. The summed E-state index contributed by atoms with van der Waals surface area (Å²) in [6, 6.07) is 2.12. The normalized spacial score (nSPS) is 19.9. The lowest BCUT2D eigenvalue weighted by atomic mass is 10.1. The van der Waals surface area contributed by atoms with E-state index in [1.54, 1.807) is 6.92 Å². The number of carboxylic acid groups (broad SMARTS) is 1. The Kier molecular flexibility index (Phi) is 4.72. The van der Waals surface area contributed by atoms with Crippen LogP contribution >= 0.6 is 15.9 Å². The second kappa shape index (κ2) is 6.04. The lowest BCUT2D eigenvalue weighted by molar-refractivity contribution is 0.0696. The van der Waals surface area contributed by atoms with Gasteiger partial charge in [-0.2, -0.15) is 4.31 Å². The van der Waals surface area contributed by atoms with Gasteiger partial charge in [-0.1, -0.05) is 0 Å². The van der Waals surface area contributed by atoms with E-state index in [9.17, 15) is 18.3 Å². The standard InChI is InChI=1S/C13H16BrNO5S/c1-8-5-9(13(17)18)6-11(12(8)14)21(19,20)15-4-2-3-10(15)7-16/h5-6,10,16H,2-4,7H2,1H3,(H,17,18)/t10-/m0/s1. The van der Waals surface area contributed by atoms with Crippen molar-refractivity contribution in [1.82, 2.24) is 4.31 Å². The summed E-state index contributed by atoms with van der Waals surface area (Å²) in [5.74, 6) is -1.18. The Morgan fingerprint density at radius 3 is 2.71 bits per heavy atom. The molecule has 1 fully saturated rings. The maximum absolute atomic E-state index is 12.7. The number of aromatic carboxylic acids is 1. The van der Waals surface area contributed by atoms with Crippen LogP contribution in [-0.2, 0) is 10.0 Å². The molecular weight excluding hydrogens is 362 g/mol. The Morgan fingerprint density at radius 1 is 1.48 bits per heavy atom. The van der Waals surface area contributed by atoms with Crippen molar-refractivity contribution in [2.24, 2.45) is 0 Å². The zero-order valence-electron chi connectivity index (χ0n) is 11.4. The van der Waals surface area contributed by atoms with E-state index in [0.717, 1.165) is 6.07 Å². The molecule has 2 rings (SSSR count). The van der Waals surface area contributed by atoms with Crippen LogP contribution in [0.5, 0.6) is 0 Å². The number of aryl methyl sites for hydroxylation is 1. The van der Waals surface area contributed by atoms with E-state index in [4.69, 9.17) is 5.11 Å². The Labute approximate surface area is 131 Å². The Hall–Kier alpha value is -0.960. The van der Waals surface area contributed by atoms with E-state index in [-0.39, 0.29) is 17.1 Å². The quantitative estimate of drug-likeness (QED) is 0.830. The first kappa shape index (κ1) is 16.4. The number of hydrogen-bond acceptors (Lipinski definition) is 4. The molecule has 0 aliphatic carbocycles. The van der Waals surface area contributed by atoms with Gasteiger partial charge < -0.3 is 10.2 Å². The van der Waals surface area contributed by atoms with Crippen LogP contribution in [0.1, 0.15) is 28.8 Å². The van der Waals surface area contributed by atoms with Crippen molar-refractivity contribution < 1.29 is 23.4 Å². The first-order valence-electron chi connectivity index (χ1n) is 6.45. The minimum absolute atomic E-state index is 0.0692. The molecule has 0 bridgehead atoms. The number of aliphatic hydroxyl groups excluding tert-OH is 1. The third kappa shape index (κ3) is 2.98. The van der Waals surface area contributed by atoms with Crippen LogP contribution < -0.4 is 0 Å². The van der Waals surface area contributed by atoms with Gasteiger partial charge >= 0.3 is 5.97 Å². The molecule has 0 radical (unpaired) electrons. The number of benzene rings is 1. The van der Waals surface area contributed by atoms with Crippen LogP contribution in [0.4, 0.5) is 0 Å². The van der Waals surface area contributed by atoms with Crippen LogP contribution in [0.15, 0.2) is 21.5 Å². The number of halogens is 1. The fourth-order valence-corrected chi connectivity index (χ4v) is 5.18. The van der Waals surface area contributed by atoms with Crippen molar-refractivity contribution >= 4 is 31.9 Å². The maximum Gasteiger partial charge on any atom is 0.335 e. The molecule has 0 spiro atoms. The lowest BCUT2D eigenvalue weighted by Gasteiger charge is -2.23. The lowest BCUT2D eigenvalue weighted by Crippen LogP contribution is -2.37. The molecular formula is C13H16BrNO5S. The van der Waals surface area contributed by atoms with Gasteiger partial charge in [0, 0.05) is 17.1 Å². The number of carboxylic acids is 1. The zero-order chi connectivity index (χ0) is 15.8. The van der Waals surface area contributed by atoms with E-state index >= 15 is 0 Å². The molecule has 8 heteroatoms. The summed E-state index contributed by atoms with van der Waals surface area (Å²) >= 11 is 3.23. The second-order valence-corrected chi connectivity index (χ2v) is 7.66. The van der Waals surface area contributed by atoms with E-state index in [2.05, 4.69) is 15.9 Å². The third-order valence-electron chi connectivity index (χ3n) is 3.59. The Bertz CT molecular complexity index is 673. The van der Waals surface area contributed by atoms with E-state index < -0.39 is 22.0 Å². The highest BCUT2D eigenvalue weighted by atomic mass is 79.9. The average molecular weight is 378 g/mol. The number of rotatable bonds is 4. The fourth-order valence-electron chi connectivity index (χ4n) is 2.48. The number of aliphatic hydroxyl groups is 1. The molecule has 1 aromatic rings. The van der Waals surface area contributed by atoms with E-state index in [1.165, 1.54) is 10.4 Å². The summed E-state index contributed by atoms with van der Waals surface area (Å²) in [4.78, 5) is 11.1. The molecule has 1 atom stereocenters. The molecule has 0 unspecified atom stereocenters. The first-order chi connectivity index (χ1) is 9.78. The molecule has 6 nitrogen and oxygen atoms in total. The molecule has 1 heterocycles. The van der Waals surface area contributed by atoms with Crippen LogP contribution in [0.3, 0.4) is 0 Å². The molecule has 116 valence electrons. The monoisotopic (exact) mass is 377 g/mol. The van der Waals surface area contributed by atoms with E-state index in [1.807, 2.05) is 0 Å². The number of nitrogens with zero attached hydrogens (tertiary/aromatic N) is 1. The van der Waals surface area contributed by atoms with Crippen molar-refractivity contribution in [3.8, 4) is 0 Å². The van der Waals surface area contributed by atoms with Gasteiger partial charge in [0.05, 0.1) is 17.1 Å². The van der Waals surface area contributed by atoms with Crippen molar-refractivity contribution in [3.63, 3.8) is 0 Å². The number of hydrogen-bond donors (Lipinski definition) is 2. The third-order valence-corrected chi connectivity index (χ3v) is 6.88. The molecule has 1 aliphatic rings. The fraction of sp³-hybridized carbons (Fsp3) is 0.462. The van der Waals surface area contributed by atoms with Gasteiger partial charge in [-0.15, -0.1) is 0 Å².